The average Bonchev–Trinajstić information content (AvgIpc) is 2.12. The third-order valence-corrected chi connectivity index (χ3v) is 2.13. The van der Waals surface area contributed by atoms with Gasteiger partial charge in [0.1, 0.15) is 5.75 Å². The van der Waals surface area contributed by atoms with Crippen molar-refractivity contribution in [2.24, 2.45) is 0 Å². The van der Waals surface area contributed by atoms with E-state index in [1.807, 2.05) is 0 Å². The molecule has 0 aliphatic heterocycles. The standard InChI is InChI=1S/C9H6BrF3O4/c10-5-1-4(7(14)8(15)16)2-6(3-5)17-9(11,12)13/h1-3,7,14H,(H,15,16). The van der Waals surface area contributed by atoms with Gasteiger partial charge >= 0.3 is 12.3 Å². The van der Waals surface area contributed by atoms with E-state index >= 15 is 0 Å². The van der Waals surface area contributed by atoms with Crippen molar-refractivity contribution in [3.63, 3.8) is 0 Å². The highest BCUT2D eigenvalue weighted by atomic mass is 79.9. The predicted octanol–water partition coefficient (Wildman–Crippen LogP) is 2.47. The van der Waals surface area contributed by atoms with E-state index < -0.39 is 24.2 Å². The summed E-state index contributed by atoms with van der Waals surface area (Å²) in [6.45, 7) is 0. The van der Waals surface area contributed by atoms with Gasteiger partial charge in [-0.3, -0.25) is 0 Å². The van der Waals surface area contributed by atoms with Crippen LogP contribution in [0.25, 0.3) is 0 Å². The zero-order valence-corrected chi connectivity index (χ0v) is 9.62. The Labute approximate surface area is 102 Å². The second kappa shape index (κ2) is 4.92. The molecule has 1 atom stereocenters. The fourth-order valence-corrected chi connectivity index (χ4v) is 1.57. The number of ether oxygens (including phenoxy) is 1. The number of aliphatic carboxylic acids is 1. The number of alkyl halides is 3. The van der Waals surface area contributed by atoms with Gasteiger partial charge in [-0.2, -0.15) is 0 Å². The van der Waals surface area contributed by atoms with Crippen molar-refractivity contribution in [2.45, 2.75) is 12.5 Å². The third kappa shape index (κ3) is 4.23. The second-order valence-electron chi connectivity index (χ2n) is 3.01. The van der Waals surface area contributed by atoms with Gasteiger partial charge in [0.05, 0.1) is 0 Å². The lowest BCUT2D eigenvalue weighted by molar-refractivity contribution is -0.274. The number of hydrogen-bond acceptors (Lipinski definition) is 3. The zero-order chi connectivity index (χ0) is 13.2. The smallest absolute Gasteiger partial charge is 0.479 e. The summed E-state index contributed by atoms with van der Waals surface area (Å²) in [4.78, 5) is 10.5. The maximum Gasteiger partial charge on any atom is 0.573 e. The van der Waals surface area contributed by atoms with Crippen molar-refractivity contribution >= 4 is 21.9 Å². The number of carbonyl (C=O) groups is 1. The van der Waals surface area contributed by atoms with Crippen molar-refractivity contribution in [1.29, 1.82) is 0 Å². The van der Waals surface area contributed by atoms with Gasteiger partial charge in [-0.05, 0) is 23.8 Å². The van der Waals surface area contributed by atoms with Gasteiger partial charge in [0.2, 0.25) is 0 Å². The van der Waals surface area contributed by atoms with Crippen molar-refractivity contribution in [3.8, 4) is 5.75 Å². The quantitative estimate of drug-likeness (QED) is 0.899. The molecule has 0 heterocycles. The van der Waals surface area contributed by atoms with Gasteiger partial charge in [-0.25, -0.2) is 4.79 Å². The largest absolute Gasteiger partial charge is 0.573 e. The Morgan fingerprint density at radius 2 is 1.94 bits per heavy atom. The highest BCUT2D eigenvalue weighted by Crippen LogP contribution is 2.29. The molecule has 0 amide bonds. The summed E-state index contributed by atoms with van der Waals surface area (Å²) < 4.78 is 39.6. The SMILES string of the molecule is O=C(O)C(O)c1cc(Br)cc(OC(F)(F)F)c1. The number of hydrogen-bond donors (Lipinski definition) is 2. The molecule has 1 aromatic carbocycles. The molecule has 0 spiro atoms. The maximum atomic E-state index is 11.9. The number of carboxylic acid groups (broad SMARTS) is 1. The minimum atomic E-state index is -4.88. The van der Waals surface area contributed by atoms with E-state index in [0.29, 0.717) is 0 Å². The van der Waals surface area contributed by atoms with Crippen molar-refractivity contribution in [3.05, 3.63) is 28.2 Å². The number of aliphatic hydroxyl groups is 1. The van der Waals surface area contributed by atoms with Gasteiger partial charge in [0.25, 0.3) is 0 Å². The lowest BCUT2D eigenvalue weighted by Gasteiger charge is -2.12. The molecule has 0 aliphatic carbocycles. The molecule has 1 rings (SSSR count). The van der Waals surface area contributed by atoms with Crippen molar-refractivity contribution < 1.29 is 32.9 Å². The van der Waals surface area contributed by atoms with E-state index in [2.05, 4.69) is 20.7 Å². The first kappa shape index (κ1) is 13.8. The third-order valence-electron chi connectivity index (χ3n) is 1.68. The molecule has 0 aromatic heterocycles. The molecule has 94 valence electrons. The summed E-state index contributed by atoms with van der Waals surface area (Å²) in [5.41, 5.74) is -0.217. The highest BCUT2D eigenvalue weighted by molar-refractivity contribution is 9.10. The molecule has 0 aliphatic rings. The molecule has 2 N–H and O–H groups in total. The number of carboxylic acids is 1. The van der Waals surface area contributed by atoms with Gasteiger partial charge in [-0.15, -0.1) is 13.2 Å². The highest BCUT2D eigenvalue weighted by Gasteiger charge is 2.31. The number of aliphatic hydroxyl groups excluding tert-OH is 1. The van der Waals surface area contributed by atoms with Crippen LogP contribution in [0.4, 0.5) is 13.2 Å². The molecule has 0 radical (unpaired) electrons. The summed E-state index contributed by atoms with van der Waals surface area (Å²) in [5, 5.41) is 17.7. The van der Waals surface area contributed by atoms with Crippen LogP contribution in [0.1, 0.15) is 11.7 Å². The van der Waals surface area contributed by atoms with Crippen LogP contribution < -0.4 is 4.74 Å². The lowest BCUT2D eigenvalue weighted by atomic mass is 10.1. The number of halogens is 4. The molecule has 0 bridgehead atoms. The first-order chi connectivity index (χ1) is 7.69. The molecule has 4 nitrogen and oxygen atoms in total. The van der Waals surface area contributed by atoms with Crippen molar-refractivity contribution in [1.82, 2.24) is 0 Å². The molecular formula is C9H6BrF3O4. The van der Waals surface area contributed by atoms with Crippen LogP contribution >= 0.6 is 15.9 Å². The summed E-state index contributed by atoms with van der Waals surface area (Å²) in [6.07, 6.45) is -6.80. The lowest BCUT2D eigenvalue weighted by Crippen LogP contribution is -2.18. The first-order valence-electron chi connectivity index (χ1n) is 4.16. The summed E-state index contributed by atoms with van der Waals surface area (Å²) in [5.74, 6) is -2.18. The maximum absolute atomic E-state index is 11.9. The fourth-order valence-electron chi connectivity index (χ4n) is 1.08. The number of rotatable bonds is 3. The van der Waals surface area contributed by atoms with Crippen LogP contribution in [0, 0.1) is 0 Å². The van der Waals surface area contributed by atoms with Gasteiger partial charge < -0.3 is 14.9 Å². The molecular weight excluding hydrogens is 309 g/mol. The topological polar surface area (TPSA) is 66.8 Å². The van der Waals surface area contributed by atoms with Crippen LogP contribution in [0.5, 0.6) is 5.75 Å². The van der Waals surface area contributed by atoms with Gasteiger partial charge in [0, 0.05) is 4.47 Å². The fraction of sp³-hybridized carbons (Fsp3) is 0.222. The Morgan fingerprint density at radius 3 is 2.41 bits per heavy atom. The molecule has 17 heavy (non-hydrogen) atoms. The summed E-state index contributed by atoms with van der Waals surface area (Å²) in [6, 6.07) is 2.99. The van der Waals surface area contributed by atoms with Gasteiger partial charge in [0.15, 0.2) is 6.10 Å². The van der Waals surface area contributed by atoms with Crippen LogP contribution in [0.2, 0.25) is 0 Å². The van der Waals surface area contributed by atoms with Crippen LogP contribution in [0.3, 0.4) is 0 Å². The monoisotopic (exact) mass is 314 g/mol. The Bertz CT molecular complexity index is 433. The van der Waals surface area contributed by atoms with Crippen LogP contribution in [-0.2, 0) is 4.79 Å². The van der Waals surface area contributed by atoms with E-state index in [1.54, 1.807) is 0 Å². The van der Waals surface area contributed by atoms with Crippen LogP contribution in [0.15, 0.2) is 22.7 Å². The average molecular weight is 315 g/mol. The molecule has 1 aromatic rings. The Morgan fingerprint density at radius 1 is 1.35 bits per heavy atom. The summed E-state index contributed by atoms with van der Waals surface area (Å²) in [7, 11) is 0. The van der Waals surface area contributed by atoms with E-state index in [-0.39, 0.29) is 10.0 Å². The molecule has 0 saturated carbocycles. The van der Waals surface area contributed by atoms with E-state index in [9.17, 15) is 23.1 Å². The first-order valence-corrected chi connectivity index (χ1v) is 4.95. The van der Waals surface area contributed by atoms with Gasteiger partial charge in [-0.1, -0.05) is 15.9 Å². The van der Waals surface area contributed by atoms with Crippen molar-refractivity contribution in [2.75, 3.05) is 0 Å². The summed E-state index contributed by atoms with van der Waals surface area (Å²) >= 11 is 2.89. The number of benzene rings is 1. The molecule has 8 heteroatoms. The normalized spacial score (nSPS) is 13.2. The molecule has 0 saturated heterocycles. The molecule has 1 unspecified atom stereocenters. The van der Waals surface area contributed by atoms with E-state index in [4.69, 9.17) is 5.11 Å². The minimum Gasteiger partial charge on any atom is -0.479 e. The Hall–Kier alpha value is -1.28. The van der Waals surface area contributed by atoms with Crippen LogP contribution in [-0.4, -0.2) is 22.5 Å². The molecule has 0 fully saturated rings. The minimum absolute atomic E-state index is 0.162. The van der Waals surface area contributed by atoms with E-state index in [1.165, 1.54) is 6.07 Å². The second-order valence-corrected chi connectivity index (χ2v) is 3.92. The Kier molecular flexibility index (Phi) is 3.99. The zero-order valence-electron chi connectivity index (χ0n) is 8.03. The Balaban J connectivity index is 3.06. The predicted molar refractivity (Wildman–Crippen MR) is 53.4 cm³/mol. The van der Waals surface area contributed by atoms with E-state index in [0.717, 1.165) is 12.1 Å².